The van der Waals surface area contributed by atoms with Crippen LogP contribution in [0.5, 0.6) is 0 Å². The van der Waals surface area contributed by atoms with Crippen LogP contribution >= 0.6 is 0 Å². The molecule has 0 saturated heterocycles. The van der Waals surface area contributed by atoms with E-state index < -0.39 is 5.97 Å². The maximum absolute atomic E-state index is 11.0. The number of hydrogen-bond donors (Lipinski definition) is 1. The molecular weight excluding hydrogens is 296 g/mol. The van der Waals surface area contributed by atoms with Crippen LogP contribution in [0.15, 0.2) is 29.8 Å². The predicted octanol–water partition coefficient (Wildman–Crippen LogP) is 5.10. The summed E-state index contributed by atoms with van der Waals surface area (Å²) in [6, 6.07) is 7.18. The SMILES string of the molecule is CC1(C)CCC(C)(C)c2cc(C34CC/C(=C\C(=O)O)C3C4)ccc21. The molecule has 0 heterocycles. The highest BCUT2D eigenvalue weighted by molar-refractivity contribution is 5.81. The smallest absolute Gasteiger partial charge is 0.328 e. The Morgan fingerprint density at radius 1 is 1.08 bits per heavy atom. The van der Waals surface area contributed by atoms with E-state index in [1.165, 1.54) is 35.6 Å². The van der Waals surface area contributed by atoms with Gasteiger partial charge in [-0.25, -0.2) is 4.79 Å². The third-order valence-electron chi connectivity index (χ3n) is 7.12. The van der Waals surface area contributed by atoms with Crippen molar-refractivity contribution in [2.24, 2.45) is 5.92 Å². The lowest BCUT2D eigenvalue weighted by atomic mass is 9.62. The highest BCUT2D eigenvalue weighted by atomic mass is 16.4. The van der Waals surface area contributed by atoms with E-state index >= 15 is 0 Å². The van der Waals surface area contributed by atoms with Crippen LogP contribution in [-0.2, 0) is 21.0 Å². The van der Waals surface area contributed by atoms with Gasteiger partial charge in [-0.05, 0) is 65.5 Å². The van der Waals surface area contributed by atoms with Gasteiger partial charge in [0.15, 0.2) is 0 Å². The molecule has 0 aliphatic heterocycles. The highest BCUT2D eigenvalue weighted by Crippen LogP contribution is 2.67. The first-order valence-corrected chi connectivity index (χ1v) is 9.25. The monoisotopic (exact) mass is 324 g/mol. The van der Waals surface area contributed by atoms with Crippen molar-refractivity contribution < 1.29 is 9.90 Å². The van der Waals surface area contributed by atoms with Crippen LogP contribution in [0.3, 0.4) is 0 Å². The molecule has 1 aromatic carbocycles. The summed E-state index contributed by atoms with van der Waals surface area (Å²) in [5, 5.41) is 9.07. The fourth-order valence-electron chi connectivity index (χ4n) is 5.30. The largest absolute Gasteiger partial charge is 0.478 e. The third-order valence-corrected chi connectivity index (χ3v) is 7.12. The summed E-state index contributed by atoms with van der Waals surface area (Å²) in [6.07, 6.45) is 7.13. The van der Waals surface area contributed by atoms with Gasteiger partial charge in [0.1, 0.15) is 0 Å². The lowest BCUT2D eigenvalue weighted by Crippen LogP contribution is -2.34. The topological polar surface area (TPSA) is 37.3 Å². The Labute approximate surface area is 145 Å². The number of carbonyl (C=O) groups is 1. The predicted molar refractivity (Wildman–Crippen MR) is 96.5 cm³/mol. The number of benzene rings is 1. The van der Waals surface area contributed by atoms with Gasteiger partial charge in [0.05, 0.1) is 0 Å². The van der Waals surface area contributed by atoms with Gasteiger partial charge in [-0.1, -0.05) is 51.5 Å². The lowest BCUT2D eigenvalue weighted by molar-refractivity contribution is -0.131. The average Bonchev–Trinajstić information content (AvgIpc) is 3.15. The average molecular weight is 324 g/mol. The number of rotatable bonds is 2. The Hall–Kier alpha value is -1.57. The molecule has 1 aromatic rings. The summed E-state index contributed by atoms with van der Waals surface area (Å²) >= 11 is 0. The van der Waals surface area contributed by atoms with Crippen LogP contribution in [0.2, 0.25) is 0 Å². The van der Waals surface area contributed by atoms with E-state index in [9.17, 15) is 4.79 Å². The summed E-state index contributed by atoms with van der Waals surface area (Å²) in [6.45, 7) is 9.47. The first-order chi connectivity index (χ1) is 11.2. The van der Waals surface area contributed by atoms with Crippen LogP contribution < -0.4 is 0 Å². The molecule has 2 saturated carbocycles. The number of hydrogen-bond acceptors (Lipinski definition) is 1. The molecule has 0 amide bonds. The minimum atomic E-state index is -0.791. The normalized spacial score (nSPS) is 33.8. The molecule has 0 bridgehead atoms. The second kappa shape index (κ2) is 4.74. The first kappa shape index (κ1) is 15.9. The van der Waals surface area contributed by atoms with E-state index in [0.717, 1.165) is 24.8 Å². The van der Waals surface area contributed by atoms with Crippen molar-refractivity contribution in [2.75, 3.05) is 0 Å². The summed E-state index contributed by atoms with van der Waals surface area (Å²) in [5.74, 6) is -0.326. The Bertz CT molecular complexity index is 753. The van der Waals surface area contributed by atoms with Crippen molar-refractivity contribution in [3.05, 3.63) is 46.5 Å². The number of carboxylic acid groups (broad SMARTS) is 1. The van der Waals surface area contributed by atoms with Crippen LogP contribution in [0.25, 0.3) is 0 Å². The molecule has 3 aliphatic carbocycles. The fraction of sp³-hybridized carbons (Fsp3) is 0.591. The summed E-state index contributed by atoms with van der Waals surface area (Å²) < 4.78 is 0. The minimum absolute atomic E-state index is 0.230. The van der Waals surface area contributed by atoms with Gasteiger partial charge in [0.2, 0.25) is 0 Å². The molecule has 2 fully saturated rings. The van der Waals surface area contributed by atoms with E-state index in [-0.39, 0.29) is 16.2 Å². The summed E-state index contributed by atoms with van der Waals surface area (Å²) in [7, 11) is 0. The molecular formula is C22H28O2. The summed E-state index contributed by atoms with van der Waals surface area (Å²) in [5.41, 5.74) is 6.36. The van der Waals surface area contributed by atoms with Gasteiger partial charge in [-0.15, -0.1) is 0 Å². The lowest BCUT2D eigenvalue weighted by Gasteiger charge is -2.42. The number of allylic oxidation sites excluding steroid dienone is 1. The molecule has 128 valence electrons. The molecule has 0 aromatic heterocycles. The Balaban J connectivity index is 1.74. The Morgan fingerprint density at radius 3 is 2.38 bits per heavy atom. The van der Waals surface area contributed by atoms with Gasteiger partial charge >= 0.3 is 5.97 Å². The van der Waals surface area contributed by atoms with Crippen LogP contribution in [0.4, 0.5) is 0 Å². The molecule has 2 unspecified atom stereocenters. The number of fused-ring (bicyclic) bond motifs is 2. The molecule has 0 spiro atoms. The highest BCUT2D eigenvalue weighted by Gasteiger charge is 2.60. The van der Waals surface area contributed by atoms with Gasteiger partial charge in [0, 0.05) is 11.5 Å². The first-order valence-electron chi connectivity index (χ1n) is 9.25. The Kier molecular flexibility index (Phi) is 3.15. The molecule has 3 aliphatic rings. The van der Waals surface area contributed by atoms with Crippen molar-refractivity contribution in [1.82, 2.24) is 0 Å². The maximum atomic E-state index is 11.0. The fourth-order valence-corrected chi connectivity index (χ4v) is 5.30. The van der Waals surface area contributed by atoms with E-state index in [0.29, 0.717) is 5.92 Å². The molecule has 24 heavy (non-hydrogen) atoms. The molecule has 2 heteroatoms. The van der Waals surface area contributed by atoms with Gasteiger partial charge in [-0.2, -0.15) is 0 Å². The van der Waals surface area contributed by atoms with Crippen molar-refractivity contribution in [2.45, 2.75) is 76.0 Å². The van der Waals surface area contributed by atoms with Crippen LogP contribution in [-0.4, -0.2) is 11.1 Å². The van der Waals surface area contributed by atoms with E-state index in [1.807, 2.05) is 0 Å². The minimum Gasteiger partial charge on any atom is -0.478 e. The van der Waals surface area contributed by atoms with Crippen LogP contribution in [0, 0.1) is 5.92 Å². The van der Waals surface area contributed by atoms with Gasteiger partial charge in [-0.3, -0.25) is 0 Å². The molecule has 2 atom stereocenters. The zero-order chi connectivity index (χ0) is 17.3. The number of aliphatic carboxylic acids is 1. The standard InChI is InChI=1S/C22H28O2/c1-20(2)9-10-21(3,4)17-12-15(5-6-16(17)20)22-8-7-14(11-19(23)24)18(22)13-22/h5-6,11-12,18H,7-10,13H2,1-4H3,(H,23,24)/b14-11+. The van der Waals surface area contributed by atoms with Crippen molar-refractivity contribution in [1.29, 1.82) is 0 Å². The quantitative estimate of drug-likeness (QED) is 0.769. The van der Waals surface area contributed by atoms with E-state index in [4.69, 9.17) is 5.11 Å². The van der Waals surface area contributed by atoms with Crippen molar-refractivity contribution in [3.8, 4) is 0 Å². The molecule has 2 nitrogen and oxygen atoms in total. The van der Waals surface area contributed by atoms with E-state index in [2.05, 4.69) is 45.9 Å². The second-order valence-corrected chi connectivity index (χ2v) is 9.50. The third kappa shape index (κ3) is 2.18. The molecule has 1 N–H and O–H groups in total. The number of carboxylic acids is 1. The van der Waals surface area contributed by atoms with Gasteiger partial charge < -0.3 is 5.11 Å². The zero-order valence-corrected chi connectivity index (χ0v) is 15.3. The molecule has 4 rings (SSSR count). The maximum Gasteiger partial charge on any atom is 0.328 e. The van der Waals surface area contributed by atoms with E-state index in [1.54, 1.807) is 0 Å². The van der Waals surface area contributed by atoms with Crippen molar-refractivity contribution in [3.63, 3.8) is 0 Å². The van der Waals surface area contributed by atoms with Crippen LogP contribution in [0.1, 0.15) is 76.5 Å². The molecule has 0 radical (unpaired) electrons. The summed E-state index contributed by atoms with van der Waals surface area (Å²) in [4.78, 5) is 11.0. The Morgan fingerprint density at radius 2 is 1.75 bits per heavy atom. The van der Waals surface area contributed by atoms with Crippen molar-refractivity contribution >= 4 is 5.97 Å². The second-order valence-electron chi connectivity index (χ2n) is 9.50. The van der Waals surface area contributed by atoms with Gasteiger partial charge in [0.25, 0.3) is 0 Å². The zero-order valence-electron chi connectivity index (χ0n) is 15.3.